The van der Waals surface area contributed by atoms with E-state index in [0.717, 1.165) is 28.7 Å². The van der Waals surface area contributed by atoms with E-state index < -0.39 is 16.1 Å². The van der Waals surface area contributed by atoms with E-state index in [-0.39, 0.29) is 24.8 Å². The zero-order chi connectivity index (χ0) is 26.9. The molecule has 7 nitrogen and oxygen atoms in total. The van der Waals surface area contributed by atoms with Crippen LogP contribution in [0.25, 0.3) is 0 Å². The topological polar surface area (TPSA) is 86.8 Å². The van der Waals surface area contributed by atoms with Crippen LogP contribution in [0.15, 0.2) is 42.5 Å². The minimum Gasteiger partial charge on any atom is -0.354 e. The second-order valence-electron chi connectivity index (χ2n) is 9.43. The summed E-state index contributed by atoms with van der Waals surface area (Å²) in [6.07, 6.45) is 2.97. The van der Waals surface area contributed by atoms with Crippen LogP contribution in [-0.2, 0) is 26.2 Å². The van der Waals surface area contributed by atoms with E-state index in [4.69, 9.17) is 0 Å². The summed E-state index contributed by atoms with van der Waals surface area (Å²) in [5.74, 6) is -0.324. The number of nitrogens with one attached hydrogen (secondary N) is 1. The van der Waals surface area contributed by atoms with Gasteiger partial charge < -0.3 is 10.2 Å². The number of sulfonamides is 1. The third-order valence-corrected chi connectivity index (χ3v) is 7.53. The summed E-state index contributed by atoms with van der Waals surface area (Å²) in [7, 11) is -3.52. The van der Waals surface area contributed by atoms with Gasteiger partial charge in [0.15, 0.2) is 0 Å². The summed E-state index contributed by atoms with van der Waals surface area (Å²) in [5.41, 5.74) is 4.75. The lowest BCUT2D eigenvalue weighted by Crippen LogP contribution is -2.49. The number of benzene rings is 2. The predicted molar refractivity (Wildman–Crippen MR) is 146 cm³/mol. The van der Waals surface area contributed by atoms with Crippen LogP contribution < -0.4 is 9.62 Å². The van der Waals surface area contributed by atoms with Crippen LogP contribution in [0.2, 0.25) is 0 Å². The standard InChI is InChI=1S/C28H41N3O4S/c1-7-17-29-28(33)26(8-2)30(20-24-14-11-21(3)12-15-24)27(32)10-9-18-31(36(6,34)35)25-16-13-22(4)23(5)19-25/h11-16,19,26H,7-10,17-18,20H2,1-6H3,(H,29,33). The zero-order valence-corrected chi connectivity index (χ0v) is 23.3. The molecule has 8 heteroatoms. The van der Waals surface area contributed by atoms with E-state index in [2.05, 4.69) is 5.32 Å². The normalized spacial score (nSPS) is 12.2. The van der Waals surface area contributed by atoms with Gasteiger partial charge in [-0.25, -0.2) is 8.42 Å². The molecule has 1 N–H and O–H groups in total. The number of aryl methyl sites for hydroxylation is 3. The smallest absolute Gasteiger partial charge is 0.242 e. The van der Waals surface area contributed by atoms with Gasteiger partial charge in [-0.05, 0) is 68.9 Å². The second-order valence-corrected chi connectivity index (χ2v) is 11.3. The van der Waals surface area contributed by atoms with Gasteiger partial charge in [0.1, 0.15) is 6.04 Å². The van der Waals surface area contributed by atoms with E-state index in [1.807, 2.05) is 71.0 Å². The van der Waals surface area contributed by atoms with Gasteiger partial charge in [-0.3, -0.25) is 13.9 Å². The van der Waals surface area contributed by atoms with Crippen LogP contribution in [0.5, 0.6) is 0 Å². The van der Waals surface area contributed by atoms with Crippen LogP contribution in [0.4, 0.5) is 5.69 Å². The average Bonchev–Trinajstić information content (AvgIpc) is 2.82. The van der Waals surface area contributed by atoms with Crippen LogP contribution in [0.1, 0.15) is 61.8 Å². The lowest BCUT2D eigenvalue weighted by molar-refractivity contribution is -0.141. The SMILES string of the molecule is CCCNC(=O)C(CC)N(Cc1ccc(C)cc1)C(=O)CCCN(c1ccc(C)c(C)c1)S(C)(=O)=O. The van der Waals surface area contributed by atoms with Gasteiger partial charge in [0, 0.05) is 26.1 Å². The van der Waals surface area contributed by atoms with Crippen LogP contribution in [0.3, 0.4) is 0 Å². The maximum Gasteiger partial charge on any atom is 0.242 e. The molecular weight excluding hydrogens is 474 g/mol. The van der Waals surface area contributed by atoms with Crippen LogP contribution >= 0.6 is 0 Å². The fraction of sp³-hybridized carbons (Fsp3) is 0.500. The van der Waals surface area contributed by atoms with Crippen molar-refractivity contribution in [1.82, 2.24) is 10.2 Å². The molecular formula is C28H41N3O4S. The first kappa shape index (κ1) is 29.4. The maximum absolute atomic E-state index is 13.4. The van der Waals surface area contributed by atoms with Crippen molar-refractivity contribution in [3.63, 3.8) is 0 Å². The van der Waals surface area contributed by atoms with Crippen molar-refractivity contribution in [1.29, 1.82) is 0 Å². The summed E-state index contributed by atoms with van der Waals surface area (Å²) >= 11 is 0. The number of anilines is 1. The molecule has 1 atom stereocenters. The number of carbonyl (C=O) groups is 2. The van der Waals surface area contributed by atoms with Gasteiger partial charge in [0.25, 0.3) is 0 Å². The van der Waals surface area contributed by atoms with Crippen molar-refractivity contribution in [2.75, 3.05) is 23.7 Å². The van der Waals surface area contributed by atoms with E-state index in [9.17, 15) is 18.0 Å². The van der Waals surface area contributed by atoms with Crippen molar-refractivity contribution in [2.45, 2.75) is 72.9 Å². The third-order valence-electron chi connectivity index (χ3n) is 6.34. The molecule has 0 aromatic heterocycles. The van der Waals surface area contributed by atoms with Gasteiger partial charge in [0.2, 0.25) is 21.8 Å². The molecule has 0 aliphatic rings. The van der Waals surface area contributed by atoms with Crippen LogP contribution in [-0.4, -0.2) is 50.5 Å². The molecule has 0 saturated heterocycles. The molecule has 2 amide bonds. The number of amides is 2. The Hall–Kier alpha value is -2.87. The minimum atomic E-state index is -3.52. The molecule has 0 aliphatic heterocycles. The van der Waals surface area contributed by atoms with E-state index in [1.54, 1.807) is 11.0 Å². The van der Waals surface area contributed by atoms with E-state index in [1.165, 1.54) is 10.6 Å². The van der Waals surface area contributed by atoms with Crippen molar-refractivity contribution in [3.05, 3.63) is 64.7 Å². The van der Waals surface area contributed by atoms with Gasteiger partial charge in [-0.2, -0.15) is 0 Å². The first-order valence-electron chi connectivity index (χ1n) is 12.7. The van der Waals surface area contributed by atoms with E-state index >= 15 is 0 Å². The van der Waals surface area contributed by atoms with E-state index in [0.29, 0.717) is 31.6 Å². The Morgan fingerprint density at radius 2 is 1.64 bits per heavy atom. The third kappa shape index (κ3) is 8.36. The Morgan fingerprint density at radius 3 is 2.19 bits per heavy atom. The molecule has 0 saturated carbocycles. The summed E-state index contributed by atoms with van der Waals surface area (Å²) in [6, 6.07) is 12.9. The quantitative estimate of drug-likeness (QED) is 0.426. The number of hydrogen-bond donors (Lipinski definition) is 1. The maximum atomic E-state index is 13.4. The number of nitrogens with zero attached hydrogens (tertiary/aromatic N) is 2. The number of rotatable bonds is 13. The fourth-order valence-electron chi connectivity index (χ4n) is 4.06. The predicted octanol–water partition coefficient (Wildman–Crippen LogP) is 4.49. The highest BCUT2D eigenvalue weighted by molar-refractivity contribution is 7.92. The fourth-order valence-corrected chi connectivity index (χ4v) is 5.02. The Labute approximate surface area is 216 Å². The Bertz CT molecular complexity index is 1130. The van der Waals surface area contributed by atoms with Crippen molar-refractivity contribution < 1.29 is 18.0 Å². The first-order chi connectivity index (χ1) is 17.0. The molecule has 0 spiro atoms. The van der Waals surface area contributed by atoms with Gasteiger partial charge in [0.05, 0.1) is 11.9 Å². The van der Waals surface area contributed by atoms with Gasteiger partial charge >= 0.3 is 0 Å². The van der Waals surface area contributed by atoms with Gasteiger partial charge in [-0.15, -0.1) is 0 Å². The highest BCUT2D eigenvalue weighted by atomic mass is 32.2. The Morgan fingerprint density at radius 1 is 0.972 bits per heavy atom. The Balaban J connectivity index is 2.21. The lowest BCUT2D eigenvalue weighted by Gasteiger charge is -2.31. The summed E-state index contributed by atoms with van der Waals surface area (Å²) < 4.78 is 26.4. The zero-order valence-electron chi connectivity index (χ0n) is 22.5. The molecule has 0 aliphatic carbocycles. The molecule has 2 aromatic carbocycles. The highest BCUT2D eigenvalue weighted by Gasteiger charge is 2.28. The number of hydrogen-bond acceptors (Lipinski definition) is 4. The molecule has 0 heterocycles. The Kier molecular flexibility index (Phi) is 11.0. The number of carbonyl (C=O) groups excluding carboxylic acids is 2. The van der Waals surface area contributed by atoms with Crippen molar-refractivity contribution in [2.24, 2.45) is 0 Å². The molecule has 1 unspecified atom stereocenters. The second kappa shape index (κ2) is 13.4. The highest BCUT2D eigenvalue weighted by Crippen LogP contribution is 2.22. The summed E-state index contributed by atoms with van der Waals surface area (Å²) in [6.45, 7) is 10.9. The van der Waals surface area contributed by atoms with Crippen LogP contribution in [0, 0.1) is 20.8 Å². The molecule has 36 heavy (non-hydrogen) atoms. The summed E-state index contributed by atoms with van der Waals surface area (Å²) in [5, 5.41) is 2.92. The minimum absolute atomic E-state index is 0.139. The van der Waals surface area contributed by atoms with Crippen molar-refractivity contribution >= 4 is 27.5 Å². The molecule has 0 radical (unpaired) electrons. The van der Waals surface area contributed by atoms with Crippen molar-refractivity contribution in [3.8, 4) is 0 Å². The summed E-state index contributed by atoms with van der Waals surface area (Å²) in [4.78, 5) is 28.0. The average molecular weight is 516 g/mol. The lowest BCUT2D eigenvalue weighted by atomic mass is 10.1. The molecule has 2 rings (SSSR count). The largest absolute Gasteiger partial charge is 0.354 e. The van der Waals surface area contributed by atoms with Gasteiger partial charge in [-0.1, -0.05) is 49.7 Å². The molecule has 198 valence electrons. The molecule has 0 fully saturated rings. The molecule has 0 bridgehead atoms. The monoisotopic (exact) mass is 515 g/mol. The first-order valence-corrected chi connectivity index (χ1v) is 14.5. The molecule has 2 aromatic rings.